The van der Waals surface area contributed by atoms with Gasteiger partial charge in [0.15, 0.2) is 17.5 Å². The molecule has 0 saturated heterocycles. The molecule has 0 radical (unpaired) electrons. The molecule has 3 aromatic heterocycles. The smallest absolute Gasteiger partial charge is 0.164 e. The normalized spacial score (nSPS) is 11.6. The second-order valence-electron chi connectivity index (χ2n) is 14.1. The van der Waals surface area contributed by atoms with Crippen LogP contribution >= 0.6 is 0 Å². The van der Waals surface area contributed by atoms with E-state index in [1.807, 2.05) is 60.7 Å². The first kappa shape index (κ1) is 31.9. The topological polar surface area (TPSA) is 48.5 Å². The maximum Gasteiger partial charge on any atom is 0.164 e. The molecule has 0 saturated carbocycles. The van der Waals surface area contributed by atoms with E-state index in [0.29, 0.717) is 17.5 Å². The third-order valence-corrected chi connectivity index (χ3v) is 10.7. The molecule has 5 nitrogen and oxygen atoms in total. The van der Waals surface area contributed by atoms with Crippen LogP contribution in [0.1, 0.15) is 0 Å². The van der Waals surface area contributed by atoms with E-state index in [4.69, 9.17) is 15.0 Å². The van der Waals surface area contributed by atoms with Gasteiger partial charge in [0.2, 0.25) is 0 Å². The Labute approximate surface area is 323 Å². The molecule has 0 N–H and O–H groups in total. The maximum atomic E-state index is 5.08. The van der Waals surface area contributed by atoms with Gasteiger partial charge in [0.25, 0.3) is 0 Å². The Hall–Kier alpha value is -7.63. The summed E-state index contributed by atoms with van der Waals surface area (Å²) in [5.74, 6) is 1.90. The Morgan fingerprint density at radius 1 is 0.250 bits per heavy atom. The molecule has 11 aromatic rings. The lowest BCUT2D eigenvalue weighted by Gasteiger charge is -2.12. The van der Waals surface area contributed by atoms with Crippen molar-refractivity contribution in [3.63, 3.8) is 0 Å². The lowest BCUT2D eigenvalue weighted by Crippen LogP contribution is -2.01. The van der Waals surface area contributed by atoms with Crippen molar-refractivity contribution in [3.8, 4) is 56.7 Å². The van der Waals surface area contributed by atoms with E-state index < -0.39 is 0 Å². The van der Waals surface area contributed by atoms with Crippen LogP contribution in [-0.4, -0.2) is 24.1 Å². The average molecular weight is 716 g/mol. The minimum Gasteiger partial charge on any atom is -0.309 e. The highest BCUT2D eigenvalue weighted by molar-refractivity contribution is 6.19. The quantitative estimate of drug-likeness (QED) is 0.172. The largest absolute Gasteiger partial charge is 0.309 e. The molecule has 0 fully saturated rings. The molecule has 0 bridgehead atoms. The predicted molar refractivity (Wildman–Crippen MR) is 230 cm³/mol. The number of rotatable bonds is 6. The third kappa shape index (κ3) is 5.29. The molecule has 0 amide bonds. The van der Waals surface area contributed by atoms with Crippen molar-refractivity contribution in [1.82, 2.24) is 24.1 Å². The monoisotopic (exact) mass is 715 g/mol. The number of benzene rings is 8. The van der Waals surface area contributed by atoms with Gasteiger partial charge in [-0.2, -0.15) is 0 Å². The van der Waals surface area contributed by atoms with Crippen LogP contribution in [0.4, 0.5) is 0 Å². The average Bonchev–Trinajstić information content (AvgIpc) is 3.78. The van der Waals surface area contributed by atoms with Crippen molar-refractivity contribution in [2.24, 2.45) is 0 Å². The van der Waals surface area contributed by atoms with Crippen molar-refractivity contribution in [2.75, 3.05) is 0 Å². The van der Waals surface area contributed by atoms with Crippen LogP contribution in [0.2, 0.25) is 0 Å². The highest BCUT2D eigenvalue weighted by atomic mass is 15.0. The standard InChI is InChI=1S/C51H33N5/c1-5-16-34(17-6-1)37-28-29-42-44-32-43-41-26-13-14-27-45(41)55(39-23-11-4-12-24-39)47(43)33-48(44)56(46(42)31-37)40-25-15-22-38(30-40)51-53-49(35-18-7-2-8-19-35)52-50(54-51)36-20-9-3-10-21-36/h1-33H. The first-order valence-corrected chi connectivity index (χ1v) is 18.9. The van der Waals surface area contributed by atoms with Gasteiger partial charge in [-0.15, -0.1) is 0 Å². The molecule has 0 aliphatic carbocycles. The Balaban J connectivity index is 1.19. The zero-order valence-electron chi connectivity index (χ0n) is 30.3. The summed E-state index contributed by atoms with van der Waals surface area (Å²) in [5, 5.41) is 4.85. The zero-order chi connectivity index (χ0) is 37.0. The first-order valence-electron chi connectivity index (χ1n) is 18.9. The number of nitrogens with zero attached hydrogens (tertiary/aromatic N) is 5. The molecule has 56 heavy (non-hydrogen) atoms. The summed E-state index contributed by atoms with van der Waals surface area (Å²) in [7, 11) is 0. The summed E-state index contributed by atoms with van der Waals surface area (Å²) in [5.41, 5.74) is 11.9. The Morgan fingerprint density at radius 3 is 1.36 bits per heavy atom. The molecule has 5 heteroatoms. The summed E-state index contributed by atoms with van der Waals surface area (Å²) in [6, 6.07) is 70.5. The van der Waals surface area contributed by atoms with E-state index in [0.717, 1.165) is 44.6 Å². The third-order valence-electron chi connectivity index (χ3n) is 10.7. The molecule has 0 aliphatic heterocycles. The van der Waals surface area contributed by atoms with Crippen molar-refractivity contribution in [1.29, 1.82) is 0 Å². The van der Waals surface area contributed by atoms with E-state index >= 15 is 0 Å². The van der Waals surface area contributed by atoms with Crippen LogP contribution in [-0.2, 0) is 0 Å². The number of aromatic nitrogens is 5. The van der Waals surface area contributed by atoms with Gasteiger partial charge in [-0.25, -0.2) is 15.0 Å². The summed E-state index contributed by atoms with van der Waals surface area (Å²) in [6.45, 7) is 0. The molecule has 0 unspecified atom stereocenters. The molecule has 0 aliphatic rings. The van der Waals surface area contributed by atoms with Gasteiger partial charge < -0.3 is 9.13 Å². The second kappa shape index (κ2) is 13.0. The van der Waals surface area contributed by atoms with E-state index in [9.17, 15) is 0 Å². The molecular formula is C51H33N5. The van der Waals surface area contributed by atoms with Crippen LogP contribution in [0.25, 0.3) is 100 Å². The number of fused-ring (bicyclic) bond motifs is 6. The molecule has 3 heterocycles. The summed E-state index contributed by atoms with van der Waals surface area (Å²) >= 11 is 0. The fourth-order valence-electron chi connectivity index (χ4n) is 8.14. The fraction of sp³-hybridized carbons (Fsp3) is 0. The van der Waals surface area contributed by atoms with E-state index in [-0.39, 0.29) is 0 Å². The molecule has 262 valence electrons. The van der Waals surface area contributed by atoms with Crippen LogP contribution < -0.4 is 0 Å². The van der Waals surface area contributed by atoms with E-state index in [2.05, 4.69) is 149 Å². The Kier molecular flexibility index (Phi) is 7.42. The predicted octanol–water partition coefficient (Wildman–Crippen LogP) is 12.7. The second-order valence-corrected chi connectivity index (χ2v) is 14.1. The fourth-order valence-corrected chi connectivity index (χ4v) is 8.14. The van der Waals surface area contributed by atoms with Crippen LogP contribution in [0.15, 0.2) is 200 Å². The van der Waals surface area contributed by atoms with Crippen molar-refractivity contribution >= 4 is 43.6 Å². The van der Waals surface area contributed by atoms with Gasteiger partial charge in [-0.05, 0) is 59.7 Å². The van der Waals surface area contributed by atoms with Gasteiger partial charge in [-0.3, -0.25) is 0 Å². The minimum atomic E-state index is 0.622. The SMILES string of the molecule is c1ccc(-c2ccc3c4cc5c6ccccc6n(-c6ccccc6)c5cc4n(-c4cccc(-c5nc(-c6ccccc6)nc(-c6ccccc6)n5)c4)c3c2)cc1. The van der Waals surface area contributed by atoms with E-state index in [1.165, 1.54) is 38.2 Å². The molecule has 0 spiro atoms. The summed E-state index contributed by atoms with van der Waals surface area (Å²) < 4.78 is 4.80. The number of para-hydroxylation sites is 2. The lowest BCUT2D eigenvalue weighted by atomic mass is 10.0. The number of hydrogen-bond acceptors (Lipinski definition) is 3. The summed E-state index contributed by atoms with van der Waals surface area (Å²) in [4.78, 5) is 15.1. The van der Waals surface area contributed by atoms with Gasteiger partial charge in [-0.1, -0.05) is 152 Å². The lowest BCUT2D eigenvalue weighted by molar-refractivity contribution is 1.07. The zero-order valence-corrected chi connectivity index (χ0v) is 30.3. The maximum absolute atomic E-state index is 5.08. The van der Waals surface area contributed by atoms with Crippen LogP contribution in [0.5, 0.6) is 0 Å². The van der Waals surface area contributed by atoms with Gasteiger partial charge in [0, 0.05) is 49.6 Å². The van der Waals surface area contributed by atoms with Crippen LogP contribution in [0.3, 0.4) is 0 Å². The van der Waals surface area contributed by atoms with Gasteiger partial charge in [0.1, 0.15) is 0 Å². The van der Waals surface area contributed by atoms with Crippen molar-refractivity contribution < 1.29 is 0 Å². The Morgan fingerprint density at radius 2 is 0.714 bits per heavy atom. The highest BCUT2D eigenvalue weighted by Crippen LogP contribution is 2.41. The number of hydrogen-bond donors (Lipinski definition) is 0. The van der Waals surface area contributed by atoms with Gasteiger partial charge >= 0.3 is 0 Å². The van der Waals surface area contributed by atoms with E-state index in [1.54, 1.807) is 0 Å². The van der Waals surface area contributed by atoms with Crippen molar-refractivity contribution in [2.45, 2.75) is 0 Å². The van der Waals surface area contributed by atoms with Gasteiger partial charge in [0.05, 0.1) is 22.1 Å². The first-order chi connectivity index (χ1) is 27.8. The molecule has 11 rings (SSSR count). The van der Waals surface area contributed by atoms with Crippen LogP contribution in [0, 0.1) is 0 Å². The van der Waals surface area contributed by atoms with Crippen molar-refractivity contribution in [3.05, 3.63) is 200 Å². The Bertz CT molecular complexity index is 3160. The summed E-state index contributed by atoms with van der Waals surface area (Å²) in [6.07, 6.45) is 0. The minimum absolute atomic E-state index is 0.622. The molecule has 0 atom stereocenters. The molecule has 8 aromatic carbocycles. The molecular weight excluding hydrogens is 683 g/mol. The highest BCUT2D eigenvalue weighted by Gasteiger charge is 2.20.